The Kier molecular flexibility index (Phi) is 5.81. The largest absolute Gasteiger partial charge is 0.465 e. The lowest BCUT2D eigenvalue weighted by atomic mass is 10.1. The minimum Gasteiger partial charge on any atom is -0.465 e. The third kappa shape index (κ3) is 4.08. The number of methoxy groups -OCH3 is 1. The number of anilines is 1. The fraction of sp³-hybridized carbons (Fsp3) is 0.105. The topological polar surface area (TPSA) is 88.1 Å². The second-order valence-electron chi connectivity index (χ2n) is 5.74. The van der Waals surface area contributed by atoms with Gasteiger partial charge in [-0.2, -0.15) is 0 Å². The first kappa shape index (κ1) is 19.7. The van der Waals surface area contributed by atoms with Gasteiger partial charge in [0.1, 0.15) is 0 Å². The van der Waals surface area contributed by atoms with Crippen molar-refractivity contribution < 1.29 is 19.1 Å². The molecule has 0 spiro atoms. The van der Waals surface area contributed by atoms with Gasteiger partial charge in [0.25, 0.3) is 5.91 Å². The smallest absolute Gasteiger partial charge is 0.337 e. The minimum atomic E-state index is -1.15. The van der Waals surface area contributed by atoms with E-state index in [2.05, 4.69) is 15.0 Å². The molecular formula is C19H14ClN3O4S. The van der Waals surface area contributed by atoms with Crippen LogP contribution in [0.25, 0.3) is 0 Å². The van der Waals surface area contributed by atoms with Gasteiger partial charge in [-0.1, -0.05) is 11.6 Å². The molecule has 0 bridgehead atoms. The summed E-state index contributed by atoms with van der Waals surface area (Å²) in [4.78, 5) is 41.9. The van der Waals surface area contributed by atoms with Crippen molar-refractivity contribution in [3.05, 3.63) is 59.1 Å². The summed E-state index contributed by atoms with van der Waals surface area (Å²) in [7, 11) is 1.29. The Balaban J connectivity index is 1.82. The summed E-state index contributed by atoms with van der Waals surface area (Å²) in [6, 6.07) is 12.7. The number of nitrogens with one attached hydrogen (secondary N) is 1. The molecule has 28 heavy (non-hydrogen) atoms. The lowest BCUT2D eigenvalue weighted by Gasteiger charge is -2.30. The van der Waals surface area contributed by atoms with Crippen molar-refractivity contribution in [2.75, 3.05) is 12.0 Å². The third-order valence-electron chi connectivity index (χ3n) is 3.95. The SMILES string of the molecule is COC(=O)c1ccc(N=C[C@H]2C(=O)NC(=S)N(c3ccc(Cl)cc3)C2=O)cc1. The minimum absolute atomic E-state index is 0.00981. The van der Waals surface area contributed by atoms with Crippen LogP contribution in [0.5, 0.6) is 0 Å². The monoisotopic (exact) mass is 415 g/mol. The number of carbonyl (C=O) groups is 3. The van der Waals surface area contributed by atoms with E-state index in [-0.39, 0.29) is 5.11 Å². The van der Waals surface area contributed by atoms with E-state index in [1.54, 1.807) is 36.4 Å². The van der Waals surface area contributed by atoms with Gasteiger partial charge in [0.05, 0.1) is 24.0 Å². The van der Waals surface area contributed by atoms with E-state index in [1.807, 2.05) is 0 Å². The first-order valence-corrected chi connectivity index (χ1v) is 8.86. The van der Waals surface area contributed by atoms with Gasteiger partial charge >= 0.3 is 5.97 Å². The number of halogens is 1. The quantitative estimate of drug-likeness (QED) is 0.359. The van der Waals surface area contributed by atoms with E-state index >= 15 is 0 Å². The Hall–Kier alpha value is -3.10. The predicted octanol–water partition coefficient (Wildman–Crippen LogP) is 2.89. The number of aliphatic imine (C=N–C) groups is 1. The maximum atomic E-state index is 12.8. The molecule has 0 saturated carbocycles. The molecule has 1 heterocycles. The molecule has 2 aromatic carbocycles. The van der Waals surface area contributed by atoms with E-state index in [9.17, 15) is 14.4 Å². The van der Waals surface area contributed by atoms with Crippen molar-refractivity contribution in [3.63, 3.8) is 0 Å². The Labute approximate surface area is 171 Å². The standard InChI is InChI=1S/C19H14ClN3O4S/c1-27-18(26)11-2-6-13(7-3-11)21-10-15-16(24)22-19(28)23(17(15)25)14-8-4-12(20)5-9-14/h2-10,15H,1H3,(H,22,24,28)/t15-/m0/s1. The first-order valence-electron chi connectivity index (χ1n) is 8.07. The van der Waals surface area contributed by atoms with Crippen LogP contribution in [0.1, 0.15) is 10.4 Å². The van der Waals surface area contributed by atoms with E-state index in [0.29, 0.717) is 22.0 Å². The molecule has 0 aliphatic carbocycles. The highest BCUT2D eigenvalue weighted by molar-refractivity contribution is 7.80. The van der Waals surface area contributed by atoms with Gasteiger partial charge in [0.2, 0.25) is 5.91 Å². The molecule has 1 aliphatic rings. The van der Waals surface area contributed by atoms with E-state index < -0.39 is 23.7 Å². The number of esters is 1. The molecule has 1 atom stereocenters. The van der Waals surface area contributed by atoms with Gasteiger partial charge in [0.15, 0.2) is 11.0 Å². The van der Waals surface area contributed by atoms with Gasteiger partial charge < -0.3 is 10.1 Å². The molecule has 142 valence electrons. The number of hydrogen-bond acceptors (Lipinski definition) is 6. The molecule has 1 fully saturated rings. The van der Waals surface area contributed by atoms with Crippen LogP contribution in [0.4, 0.5) is 11.4 Å². The Morgan fingerprint density at radius 2 is 1.82 bits per heavy atom. The maximum absolute atomic E-state index is 12.8. The molecule has 1 N–H and O–H groups in total. The molecule has 2 amide bonds. The lowest BCUT2D eigenvalue weighted by molar-refractivity contribution is -0.130. The van der Waals surface area contributed by atoms with E-state index in [0.717, 1.165) is 0 Å². The molecule has 3 rings (SSSR count). The fourth-order valence-corrected chi connectivity index (χ4v) is 2.94. The number of thiocarbonyl (C=S) groups is 1. The fourth-order valence-electron chi connectivity index (χ4n) is 2.52. The molecule has 1 aliphatic heterocycles. The summed E-state index contributed by atoms with van der Waals surface area (Å²) in [5.41, 5.74) is 1.33. The average Bonchev–Trinajstić information content (AvgIpc) is 2.69. The number of benzene rings is 2. The van der Waals surface area contributed by atoms with Crippen molar-refractivity contribution in [1.29, 1.82) is 0 Å². The van der Waals surface area contributed by atoms with Crippen LogP contribution >= 0.6 is 23.8 Å². The summed E-state index contributed by atoms with van der Waals surface area (Å²) in [6.07, 6.45) is 1.25. The summed E-state index contributed by atoms with van der Waals surface area (Å²) < 4.78 is 4.63. The van der Waals surface area contributed by atoms with Crippen LogP contribution in [0.3, 0.4) is 0 Å². The Bertz CT molecular complexity index is 974. The zero-order chi connectivity index (χ0) is 20.3. The summed E-state index contributed by atoms with van der Waals surface area (Å²) in [6.45, 7) is 0. The number of amides is 2. The maximum Gasteiger partial charge on any atom is 0.337 e. The number of carbonyl (C=O) groups excluding carboxylic acids is 3. The Morgan fingerprint density at radius 1 is 1.18 bits per heavy atom. The zero-order valence-electron chi connectivity index (χ0n) is 14.6. The van der Waals surface area contributed by atoms with Crippen LogP contribution in [-0.4, -0.2) is 36.2 Å². The molecule has 1 saturated heterocycles. The molecule has 0 radical (unpaired) electrons. The number of rotatable bonds is 4. The van der Waals surface area contributed by atoms with Gasteiger partial charge in [0, 0.05) is 11.2 Å². The van der Waals surface area contributed by atoms with Crippen molar-refractivity contribution in [3.8, 4) is 0 Å². The number of nitrogens with zero attached hydrogens (tertiary/aromatic N) is 2. The van der Waals surface area contributed by atoms with Crippen LogP contribution < -0.4 is 10.2 Å². The second-order valence-corrected chi connectivity index (χ2v) is 6.56. The highest BCUT2D eigenvalue weighted by atomic mass is 35.5. The van der Waals surface area contributed by atoms with E-state index in [1.165, 1.54) is 30.4 Å². The van der Waals surface area contributed by atoms with Gasteiger partial charge in [-0.25, -0.2) is 4.79 Å². The summed E-state index contributed by atoms with van der Waals surface area (Å²) in [5, 5.41) is 3.00. The van der Waals surface area contributed by atoms with Crippen molar-refractivity contribution >= 4 is 64.3 Å². The van der Waals surface area contributed by atoms with Crippen molar-refractivity contribution in [2.24, 2.45) is 10.9 Å². The van der Waals surface area contributed by atoms with Crippen molar-refractivity contribution in [1.82, 2.24) is 5.32 Å². The molecule has 0 unspecified atom stereocenters. The molecular weight excluding hydrogens is 402 g/mol. The number of hydrogen-bond donors (Lipinski definition) is 1. The summed E-state index contributed by atoms with van der Waals surface area (Å²) >= 11 is 11.0. The highest BCUT2D eigenvalue weighted by Crippen LogP contribution is 2.23. The average molecular weight is 416 g/mol. The normalized spacial score (nSPS) is 17.0. The zero-order valence-corrected chi connectivity index (χ0v) is 16.2. The van der Waals surface area contributed by atoms with Crippen molar-refractivity contribution in [2.45, 2.75) is 0 Å². The van der Waals surface area contributed by atoms with Crippen LogP contribution in [0.15, 0.2) is 53.5 Å². The van der Waals surface area contributed by atoms with Gasteiger partial charge in [-0.3, -0.25) is 19.5 Å². The Morgan fingerprint density at radius 3 is 2.43 bits per heavy atom. The molecule has 0 aromatic heterocycles. The molecule has 9 heteroatoms. The van der Waals surface area contributed by atoms with Crippen LogP contribution in [0, 0.1) is 5.92 Å². The third-order valence-corrected chi connectivity index (χ3v) is 4.48. The molecule has 2 aromatic rings. The van der Waals surface area contributed by atoms with Crippen LogP contribution in [0.2, 0.25) is 5.02 Å². The predicted molar refractivity (Wildman–Crippen MR) is 109 cm³/mol. The van der Waals surface area contributed by atoms with Gasteiger partial charge in [-0.15, -0.1) is 0 Å². The van der Waals surface area contributed by atoms with E-state index in [4.69, 9.17) is 23.8 Å². The summed E-state index contributed by atoms with van der Waals surface area (Å²) in [5.74, 6) is -2.70. The molecule has 7 nitrogen and oxygen atoms in total. The highest BCUT2D eigenvalue weighted by Gasteiger charge is 2.38. The second kappa shape index (κ2) is 8.28. The van der Waals surface area contributed by atoms with Crippen LogP contribution in [-0.2, 0) is 14.3 Å². The van der Waals surface area contributed by atoms with Gasteiger partial charge in [-0.05, 0) is 60.7 Å². The number of ether oxygens (including phenoxy) is 1. The lowest BCUT2D eigenvalue weighted by Crippen LogP contribution is -2.58. The first-order chi connectivity index (χ1) is 13.4.